The summed E-state index contributed by atoms with van der Waals surface area (Å²) in [4.78, 5) is 37.2. The van der Waals surface area contributed by atoms with Gasteiger partial charge in [-0.2, -0.15) is 5.10 Å². The van der Waals surface area contributed by atoms with Gasteiger partial charge < -0.3 is 10.1 Å². The molecule has 0 aliphatic heterocycles. The van der Waals surface area contributed by atoms with Crippen LogP contribution in [0.5, 0.6) is 5.75 Å². The molecule has 0 bridgehead atoms. The molecule has 0 spiro atoms. The van der Waals surface area contributed by atoms with Crippen LogP contribution < -0.4 is 15.5 Å². The highest BCUT2D eigenvalue weighted by atomic mass is 35.5. The molecule has 4 aromatic carbocycles. The fraction of sp³-hybridized carbons (Fsp3) is 0.0370. The zero-order valence-corrected chi connectivity index (χ0v) is 19.4. The number of nitrogens with zero attached hydrogens (tertiary/aromatic N) is 1. The lowest BCUT2D eigenvalue weighted by molar-refractivity contribution is -0.136. The summed E-state index contributed by atoms with van der Waals surface area (Å²) in [6, 6.07) is 24.5. The Morgan fingerprint density at radius 3 is 2.37 bits per heavy atom. The second-order valence-corrected chi connectivity index (χ2v) is 7.94. The van der Waals surface area contributed by atoms with E-state index < -0.39 is 17.8 Å². The lowest BCUT2D eigenvalue weighted by Crippen LogP contribution is -2.32. The number of fused-ring (bicyclic) bond motifs is 1. The van der Waals surface area contributed by atoms with Gasteiger partial charge in [0.15, 0.2) is 0 Å². The molecule has 4 aromatic rings. The minimum Gasteiger partial charge on any atom is -0.422 e. The molecular formula is C27H20ClN3O4. The average molecular weight is 486 g/mol. The fourth-order valence-corrected chi connectivity index (χ4v) is 3.59. The molecule has 174 valence electrons. The third-order valence-corrected chi connectivity index (χ3v) is 5.52. The normalized spacial score (nSPS) is 10.8. The Morgan fingerprint density at radius 2 is 1.57 bits per heavy atom. The largest absolute Gasteiger partial charge is 0.422 e. The van der Waals surface area contributed by atoms with Gasteiger partial charge >= 0.3 is 17.8 Å². The summed E-state index contributed by atoms with van der Waals surface area (Å²) >= 11 is 6.12. The molecule has 4 rings (SSSR count). The van der Waals surface area contributed by atoms with Crippen LogP contribution in [0.3, 0.4) is 0 Å². The first-order valence-electron chi connectivity index (χ1n) is 10.6. The van der Waals surface area contributed by atoms with E-state index in [9.17, 15) is 14.4 Å². The van der Waals surface area contributed by atoms with Crippen molar-refractivity contribution in [2.75, 3.05) is 5.32 Å². The molecule has 0 fully saturated rings. The van der Waals surface area contributed by atoms with E-state index in [2.05, 4.69) is 15.8 Å². The topological polar surface area (TPSA) is 96.9 Å². The van der Waals surface area contributed by atoms with Gasteiger partial charge in [-0.3, -0.25) is 9.59 Å². The molecule has 0 aromatic heterocycles. The summed E-state index contributed by atoms with van der Waals surface area (Å²) in [6.07, 6.45) is 1.33. The molecule has 2 N–H and O–H groups in total. The number of hydrazone groups is 1. The molecule has 0 aliphatic rings. The van der Waals surface area contributed by atoms with Crippen LogP contribution in [0, 0.1) is 6.92 Å². The quantitative estimate of drug-likeness (QED) is 0.135. The zero-order valence-electron chi connectivity index (χ0n) is 18.6. The second kappa shape index (κ2) is 10.6. The number of hydrogen-bond acceptors (Lipinski definition) is 5. The standard InChI is InChI=1S/C27H20ClN3O4/c1-17-8-2-7-13-23(17)30-25(32)26(33)31-29-16-21-19-10-4-3-9-18(19)14-15-24(21)35-27(34)20-11-5-6-12-22(20)28/h2-16H,1H3,(H,30,32)(H,31,33)/b29-16-. The van der Waals surface area contributed by atoms with Gasteiger partial charge in [-0.15, -0.1) is 0 Å². The molecule has 0 saturated carbocycles. The van der Waals surface area contributed by atoms with Crippen LogP contribution in [0.2, 0.25) is 5.02 Å². The molecule has 0 heterocycles. The lowest BCUT2D eigenvalue weighted by atomic mass is 10.0. The van der Waals surface area contributed by atoms with E-state index >= 15 is 0 Å². The van der Waals surface area contributed by atoms with Gasteiger partial charge in [0.2, 0.25) is 0 Å². The van der Waals surface area contributed by atoms with Gasteiger partial charge in [0.25, 0.3) is 0 Å². The van der Waals surface area contributed by atoms with Crippen LogP contribution in [0.4, 0.5) is 5.69 Å². The van der Waals surface area contributed by atoms with E-state index in [1.54, 1.807) is 48.5 Å². The first kappa shape index (κ1) is 23.7. The Labute approximate surface area is 206 Å². The number of esters is 1. The van der Waals surface area contributed by atoms with Crippen molar-refractivity contribution in [3.63, 3.8) is 0 Å². The summed E-state index contributed by atoms with van der Waals surface area (Å²) in [7, 11) is 0. The van der Waals surface area contributed by atoms with Crippen LogP contribution in [-0.2, 0) is 9.59 Å². The summed E-state index contributed by atoms with van der Waals surface area (Å²) < 4.78 is 5.61. The maximum atomic E-state index is 12.7. The minimum atomic E-state index is -0.945. The highest BCUT2D eigenvalue weighted by molar-refractivity contribution is 6.39. The second-order valence-electron chi connectivity index (χ2n) is 7.54. The average Bonchev–Trinajstić information content (AvgIpc) is 2.86. The number of nitrogens with one attached hydrogen (secondary N) is 2. The Balaban J connectivity index is 1.56. The van der Waals surface area contributed by atoms with Crippen LogP contribution >= 0.6 is 11.6 Å². The maximum Gasteiger partial charge on any atom is 0.345 e. The highest BCUT2D eigenvalue weighted by Gasteiger charge is 2.17. The van der Waals surface area contributed by atoms with E-state index in [0.29, 0.717) is 11.3 Å². The highest BCUT2D eigenvalue weighted by Crippen LogP contribution is 2.28. The first-order chi connectivity index (χ1) is 16.9. The van der Waals surface area contributed by atoms with Gasteiger partial charge in [-0.1, -0.05) is 72.3 Å². The maximum absolute atomic E-state index is 12.7. The Hall–Kier alpha value is -4.49. The number of rotatable bonds is 5. The molecule has 0 saturated heterocycles. The molecule has 7 nitrogen and oxygen atoms in total. The predicted octanol–water partition coefficient (Wildman–Crippen LogP) is 5.11. The summed E-state index contributed by atoms with van der Waals surface area (Å²) in [5.41, 5.74) is 4.22. The predicted molar refractivity (Wildman–Crippen MR) is 136 cm³/mol. The van der Waals surface area contributed by atoms with E-state index in [-0.39, 0.29) is 16.3 Å². The zero-order chi connectivity index (χ0) is 24.8. The SMILES string of the molecule is Cc1ccccc1NC(=O)C(=O)N/N=C\c1c(OC(=O)c2ccccc2Cl)ccc2ccccc12. The molecule has 2 amide bonds. The number of ether oxygens (including phenoxy) is 1. The van der Waals surface area contributed by atoms with Crippen molar-refractivity contribution in [3.8, 4) is 5.75 Å². The van der Waals surface area contributed by atoms with Crippen LogP contribution in [-0.4, -0.2) is 24.0 Å². The van der Waals surface area contributed by atoms with E-state index in [1.165, 1.54) is 6.21 Å². The van der Waals surface area contributed by atoms with E-state index in [1.807, 2.05) is 43.3 Å². The van der Waals surface area contributed by atoms with Crippen molar-refractivity contribution in [1.29, 1.82) is 0 Å². The first-order valence-corrected chi connectivity index (χ1v) is 11.0. The number of halogens is 1. The number of aryl methyl sites for hydroxylation is 1. The van der Waals surface area contributed by atoms with Gasteiger partial charge in [-0.05, 0) is 47.5 Å². The van der Waals surface area contributed by atoms with Crippen molar-refractivity contribution in [2.24, 2.45) is 5.10 Å². The molecule has 0 aliphatic carbocycles. The molecule has 0 atom stereocenters. The van der Waals surface area contributed by atoms with Crippen LogP contribution in [0.15, 0.2) is 90.0 Å². The summed E-state index contributed by atoms with van der Waals surface area (Å²) in [6.45, 7) is 1.82. The van der Waals surface area contributed by atoms with Crippen molar-refractivity contribution in [1.82, 2.24) is 5.43 Å². The summed E-state index contributed by atoms with van der Waals surface area (Å²) in [5.74, 6) is -2.22. The molecule has 35 heavy (non-hydrogen) atoms. The van der Waals surface area contributed by atoms with E-state index in [0.717, 1.165) is 16.3 Å². The monoisotopic (exact) mass is 485 g/mol. The molecule has 0 unspecified atom stereocenters. The van der Waals surface area contributed by atoms with Gasteiger partial charge in [0.05, 0.1) is 16.8 Å². The van der Waals surface area contributed by atoms with Gasteiger partial charge in [0.1, 0.15) is 5.75 Å². The Bertz CT molecular complexity index is 1470. The number of anilines is 1. The van der Waals surface area contributed by atoms with Crippen LogP contribution in [0.1, 0.15) is 21.5 Å². The van der Waals surface area contributed by atoms with Crippen molar-refractivity contribution in [3.05, 3.63) is 107 Å². The molecule has 0 radical (unpaired) electrons. The minimum absolute atomic E-state index is 0.214. The lowest BCUT2D eigenvalue weighted by Gasteiger charge is -2.11. The summed E-state index contributed by atoms with van der Waals surface area (Å²) in [5, 5.41) is 8.35. The number of para-hydroxylation sites is 1. The van der Waals surface area contributed by atoms with Gasteiger partial charge in [-0.25, -0.2) is 10.2 Å². The third-order valence-electron chi connectivity index (χ3n) is 5.19. The number of benzene rings is 4. The number of carbonyl (C=O) groups is 3. The Morgan fingerprint density at radius 1 is 0.857 bits per heavy atom. The Kier molecular flexibility index (Phi) is 7.18. The van der Waals surface area contributed by atoms with E-state index in [4.69, 9.17) is 16.3 Å². The number of carbonyl (C=O) groups excluding carboxylic acids is 3. The van der Waals surface area contributed by atoms with Crippen molar-refractivity contribution in [2.45, 2.75) is 6.92 Å². The molecule has 8 heteroatoms. The van der Waals surface area contributed by atoms with Crippen molar-refractivity contribution < 1.29 is 19.1 Å². The smallest absolute Gasteiger partial charge is 0.345 e. The van der Waals surface area contributed by atoms with Crippen LogP contribution in [0.25, 0.3) is 10.8 Å². The number of hydrogen-bond donors (Lipinski definition) is 2. The third kappa shape index (κ3) is 5.54. The van der Waals surface area contributed by atoms with Gasteiger partial charge in [0, 0.05) is 11.3 Å². The fourth-order valence-electron chi connectivity index (χ4n) is 3.38. The molecular weight excluding hydrogens is 466 g/mol. The van der Waals surface area contributed by atoms with Crippen molar-refractivity contribution >= 4 is 52.1 Å². The number of amides is 2.